The summed E-state index contributed by atoms with van der Waals surface area (Å²) in [4.78, 5) is 31.1. The van der Waals surface area contributed by atoms with Gasteiger partial charge < -0.3 is 15.6 Å². The predicted molar refractivity (Wildman–Crippen MR) is 106 cm³/mol. The molecule has 7 nitrogen and oxygen atoms in total. The zero-order valence-electron chi connectivity index (χ0n) is 16.3. The average molecular weight is 445 g/mol. The van der Waals surface area contributed by atoms with Gasteiger partial charge in [-0.15, -0.1) is 0 Å². The molecule has 11 heteroatoms. The molecule has 1 fully saturated rings. The van der Waals surface area contributed by atoms with Crippen LogP contribution in [0.25, 0.3) is 11.2 Å². The number of nitrogens with one attached hydrogen (secondary N) is 3. The highest BCUT2D eigenvalue weighted by atomic mass is 19.4. The highest BCUT2D eigenvalue weighted by Crippen LogP contribution is 2.45. The SMILES string of the molecule is O=C1Nc2cc(Cn3c(=O)[nH]c4cccnc43)c(F)cc2[C@@](C#CC2CC2)(C(F)(F)F)N1. The van der Waals surface area contributed by atoms with Crippen molar-refractivity contribution in [1.29, 1.82) is 0 Å². The Labute approximate surface area is 177 Å². The number of amides is 2. The molecule has 2 aromatic heterocycles. The molecule has 164 valence electrons. The number of hydrogen-bond acceptors (Lipinski definition) is 3. The molecule has 1 aliphatic heterocycles. The van der Waals surface area contributed by atoms with Gasteiger partial charge in [-0.3, -0.25) is 4.57 Å². The summed E-state index contributed by atoms with van der Waals surface area (Å²) >= 11 is 0. The van der Waals surface area contributed by atoms with E-state index in [4.69, 9.17) is 0 Å². The number of hydrogen-bond donors (Lipinski definition) is 3. The molecule has 1 saturated carbocycles. The average Bonchev–Trinajstić information content (AvgIpc) is 3.50. The van der Waals surface area contributed by atoms with Crippen LogP contribution in [0.15, 0.2) is 35.3 Å². The summed E-state index contributed by atoms with van der Waals surface area (Å²) in [6, 6.07) is 3.93. The molecule has 3 aromatic rings. The molecular formula is C21H15F4N5O2. The Kier molecular flexibility index (Phi) is 4.30. The Morgan fingerprint density at radius 1 is 1.25 bits per heavy atom. The van der Waals surface area contributed by atoms with Crippen LogP contribution in [0, 0.1) is 23.6 Å². The van der Waals surface area contributed by atoms with Gasteiger partial charge in [0.1, 0.15) is 5.82 Å². The van der Waals surface area contributed by atoms with E-state index in [-0.39, 0.29) is 29.4 Å². The van der Waals surface area contributed by atoms with Crippen LogP contribution in [0.3, 0.4) is 0 Å². The highest BCUT2D eigenvalue weighted by Gasteiger charge is 2.59. The van der Waals surface area contributed by atoms with Crippen molar-refractivity contribution in [3.8, 4) is 11.8 Å². The molecule has 3 heterocycles. The summed E-state index contributed by atoms with van der Waals surface area (Å²) in [7, 11) is 0. The lowest BCUT2D eigenvalue weighted by molar-refractivity contribution is -0.178. The zero-order valence-corrected chi connectivity index (χ0v) is 16.3. The maximum absolute atomic E-state index is 15.0. The zero-order chi connectivity index (χ0) is 22.7. The number of benzene rings is 1. The maximum Gasteiger partial charge on any atom is 0.427 e. The van der Waals surface area contributed by atoms with E-state index in [2.05, 4.69) is 27.1 Å². The number of anilines is 1. The Hall–Kier alpha value is -3.81. The third-order valence-electron chi connectivity index (χ3n) is 5.46. The number of rotatable bonds is 2. The van der Waals surface area contributed by atoms with Crippen molar-refractivity contribution in [3.05, 3.63) is 57.9 Å². The van der Waals surface area contributed by atoms with Crippen LogP contribution >= 0.6 is 0 Å². The van der Waals surface area contributed by atoms with E-state index in [1.165, 1.54) is 6.20 Å². The fourth-order valence-corrected chi connectivity index (χ4v) is 3.68. The monoisotopic (exact) mass is 445 g/mol. The number of alkyl halides is 3. The van der Waals surface area contributed by atoms with Crippen LogP contribution in [-0.2, 0) is 12.1 Å². The van der Waals surface area contributed by atoms with Crippen molar-refractivity contribution in [2.45, 2.75) is 31.1 Å². The van der Waals surface area contributed by atoms with Gasteiger partial charge in [-0.25, -0.2) is 19.0 Å². The van der Waals surface area contributed by atoms with E-state index < -0.39 is 34.8 Å². The van der Waals surface area contributed by atoms with E-state index in [9.17, 15) is 22.8 Å². The lowest BCUT2D eigenvalue weighted by atomic mass is 9.85. The molecule has 1 aromatic carbocycles. The first-order valence-electron chi connectivity index (χ1n) is 9.73. The normalized spacial score (nSPS) is 20.2. The molecule has 0 saturated heterocycles. The van der Waals surface area contributed by atoms with Gasteiger partial charge >= 0.3 is 17.9 Å². The van der Waals surface area contributed by atoms with Gasteiger partial charge in [-0.1, -0.05) is 11.8 Å². The van der Waals surface area contributed by atoms with Crippen LogP contribution in [-0.4, -0.2) is 26.7 Å². The van der Waals surface area contributed by atoms with Crippen LogP contribution in [0.1, 0.15) is 24.0 Å². The number of nitrogens with zero attached hydrogens (tertiary/aromatic N) is 2. The van der Waals surface area contributed by atoms with Crippen LogP contribution < -0.4 is 16.3 Å². The summed E-state index contributed by atoms with van der Waals surface area (Å²) in [5.41, 5.74) is -3.75. The number of fused-ring (bicyclic) bond motifs is 2. The topological polar surface area (TPSA) is 91.8 Å². The summed E-state index contributed by atoms with van der Waals surface area (Å²) < 4.78 is 58.7. The second-order valence-electron chi connectivity index (χ2n) is 7.75. The number of carbonyl (C=O) groups is 1. The van der Waals surface area contributed by atoms with E-state index >= 15 is 4.39 Å². The predicted octanol–water partition coefficient (Wildman–Crippen LogP) is 3.22. The minimum atomic E-state index is -4.99. The van der Waals surface area contributed by atoms with E-state index in [0.717, 1.165) is 10.6 Å². The lowest BCUT2D eigenvalue weighted by Gasteiger charge is -2.37. The van der Waals surface area contributed by atoms with Gasteiger partial charge in [0, 0.05) is 28.9 Å². The second kappa shape index (κ2) is 6.85. The second-order valence-corrected chi connectivity index (χ2v) is 7.75. The quantitative estimate of drug-likeness (QED) is 0.418. The minimum Gasteiger partial charge on any atom is -0.310 e. The molecule has 5 rings (SSSR count). The molecule has 0 spiro atoms. The van der Waals surface area contributed by atoms with Crippen molar-refractivity contribution in [3.63, 3.8) is 0 Å². The van der Waals surface area contributed by atoms with Crippen LogP contribution in [0.4, 0.5) is 28.0 Å². The molecule has 0 unspecified atom stereocenters. The molecule has 2 amide bonds. The summed E-state index contributed by atoms with van der Waals surface area (Å²) in [6.45, 7) is -0.301. The number of imidazole rings is 1. The molecule has 1 aliphatic carbocycles. The summed E-state index contributed by atoms with van der Waals surface area (Å²) in [5.74, 6) is 3.56. The van der Waals surface area contributed by atoms with Gasteiger partial charge in [0.05, 0.1) is 12.1 Å². The number of carbonyl (C=O) groups excluding carboxylic acids is 1. The van der Waals surface area contributed by atoms with Gasteiger partial charge in [0.2, 0.25) is 5.54 Å². The Balaban J connectivity index is 1.64. The molecule has 3 N–H and O–H groups in total. The van der Waals surface area contributed by atoms with Gasteiger partial charge in [-0.05, 0) is 37.1 Å². The van der Waals surface area contributed by atoms with Crippen molar-refractivity contribution in [2.75, 3.05) is 5.32 Å². The number of aromatic nitrogens is 3. The third-order valence-corrected chi connectivity index (χ3v) is 5.46. The third kappa shape index (κ3) is 3.19. The van der Waals surface area contributed by atoms with Gasteiger partial charge in [0.25, 0.3) is 0 Å². The summed E-state index contributed by atoms with van der Waals surface area (Å²) in [5, 5.41) is 4.14. The van der Waals surface area contributed by atoms with E-state index in [1.807, 2.05) is 5.32 Å². The fourth-order valence-electron chi connectivity index (χ4n) is 3.68. The highest BCUT2D eigenvalue weighted by molar-refractivity contribution is 5.95. The molecular weight excluding hydrogens is 430 g/mol. The largest absolute Gasteiger partial charge is 0.427 e. The smallest absolute Gasteiger partial charge is 0.310 e. The van der Waals surface area contributed by atoms with Crippen molar-refractivity contribution in [1.82, 2.24) is 19.9 Å². The number of urea groups is 1. The van der Waals surface area contributed by atoms with Crippen molar-refractivity contribution < 1.29 is 22.4 Å². The van der Waals surface area contributed by atoms with E-state index in [0.29, 0.717) is 24.4 Å². The molecule has 0 bridgehead atoms. The molecule has 32 heavy (non-hydrogen) atoms. The van der Waals surface area contributed by atoms with Crippen molar-refractivity contribution in [2.24, 2.45) is 5.92 Å². The minimum absolute atomic E-state index is 0.0918. The first kappa shape index (κ1) is 20.1. The van der Waals surface area contributed by atoms with Crippen molar-refractivity contribution >= 4 is 22.9 Å². The number of pyridine rings is 1. The van der Waals surface area contributed by atoms with Gasteiger partial charge in [0.15, 0.2) is 5.65 Å². The fraction of sp³-hybridized carbons (Fsp3) is 0.286. The number of H-pyrrole nitrogens is 1. The first-order chi connectivity index (χ1) is 15.2. The Morgan fingerprint density at radius 3 is 2.75 bits per heavy atom. The number of halogens is 4. The molecule has 2 aliphatic rings. The molecule has 0 radical (unpaired) electrons. The van der Waals surface area contributed by atoms with E-state index in [1.54, 1.807) is 12.1 Å². The standard InChI is InChI=1S/C21H15F4N5O2/c22-14-9-13-16(8-12(14)10-30-17-15(28-19(30)32)2-1-7-26-17)27-18(31)29-20(13,21(23,24)25)6-5-11-3-4-11/h1-2,7-9,11H,3-4,10H2,(H,28,32)(H2,27,29,31)/t20-/m0/s1. The maximum atomic E-state index is 15.0. The Morgan fingerprint density at radius 2 is 2.03 bits per heavy atom. The lowest BCUT2D eigenvalue weighted by Crippen LogP contribution is -2.59. The molecule has 1 atom stereocenters. The van der Waals surface area contributed by atoms with Gasteiger partial charge in [-0.2, -0.15) is 13.2 Å². The number of aromatic amines is 1. The summed E-state index contributed by atoms with van der Waals surface area (Å²) in [6.07, 6.45) is -2.17. The Bertz CT molecular complexity index is 1380. The first-order valence-corrected chi connectivity index (χ1v) is 9.73. The van der Waals surface area contributed by atoms with Crippen LogP contribution in [0.2, 0.25) is 0 Å². The van der Waals surface area contributed by atoms with Crippen LogP contribution in [0.5, 0.6) is 0 Å².